The first-order valence-electron chi connectivity index (χ1n) is 5.67. The third-order valence-corrected chi connectivity index (χ3v) is 2.95. The quantitative estimate of drug-likeness (QED) is 0.769. The molecule has 2 N–H and O–H groups in total. The number of hydrogen-bond acceptors (Lipinski definition) is 4. The second kappa shape index (κ2) is 5.09. The van der Waals surface area contributed by atoms with E-state index in [9.17, 15) is 9.59 Å². The van der Waals surface area contributed by atoms with E-state index in [1.165, 1.54) is 12.5 Å². The number of nitrogens with zero attached hydrogens (tertiary/aromatic N) is 2. The molecule has 1 atom stereocenters. The Balaban J connectivity index is 2.13. The molecule has 0 amide bonds. The summed E-state index contributed by atoms with van der Waals surface area (Å²) in [6.45, 7) is 2.66. The van der Waals surface area contributed by atoms with E-state index in [2.05, 4.69) is 10.3 Å². The summed E-state index contributed by atoms with van der Waals surface area (Å²) in [5.41, 5.74) is -0.952. The van der Waals surface area contributed by atoms with Crippen LogP contribution in [-0.4, -0.2) is 33.7 Å². The van der Waals surface area contributed by atoms with Crippen molar-refractivity contribution < 1.29 is 9.90 Å². The third-order valence-electron chi connectivity index (χ3n) is 2.95. The second-order valence-corrected chi connectivity index (χ2v) is 4.31. The molecule has 1 aromatic heterocycles. The van der Waals surface area contributed by atoms with Crippen LogP contribution in [-0.2, 0) is 6.54 Å². The maximum atomic E-state index is 11.2. The fourth-order valence-corrected chi connectivity index (χ4v) is 2.08. The SMILES string of the molecule is O=C(O)c1cn(CC2CCCNC2)cnc1=O. The highest BCUT2D eigenvalue weighted by Gasteiger charge is 2.15. The van der Waals surface area contributed by atoms with Gasteiger partial charge >= 0.3 is 5.97 Å². The first kappa shape index (κ1) is 11.8. The van der Waals surface area contributed by atoms with E-state index < -0.39 is 11.5 Å². The van der Waals surface area contributed by atoms with Crippen LogP contribution in [0.3, 0.4) is 0 Å². The van der Waals surface area contributed by atoms with Gasteiger partial charge in [0.2, 0.25) is 0 Å². The molecule has 0 radical (unpaired) electrons. The highest BCUT2D eigenvalue weighted by atomic mass is 16.4. The number of piperidine rings is 1. The summed E-state index contributed by atoms with van der Waals surface area (Å²) in [5, 5.41) is 12.1. The lowest BCUT2D eigenvalue weighted by Gasteiger charge is -2.23. The van der Waals surface area contributed by atoms with Crippen LogP contribution in [0, 0.1) is 5.92 Å². The van der Waals surface area contributed by atoms with Gasteiger partial charge in [-0.15, -0.1) is 0 Å². The molecular formula is C11H15N3O3. The van der Waals surface area contributed by atoms with Gasteiger partial charge in [0.05, 0.1) is 6.33 Å². The number of carboxylic acids is 1. The Morgan fingerprint density at radius 2 is 2.47 bits per heavy atom. The number of carboxylic acid groups (broad SMARTS) is 1. The van der Waals surface area contributed by atoms with Crippen LogP contribution in [0.2, 0.25) is 0 Å². The van der Waals surface area contributed by atoms with E-state index in [4.69, 9.17) is 5.11 Å². The summed E-state index contributed by atoms with van der Waals surface area (Å²) in [5.74, 6) is -0.756. The van der Waals surface area contributed by atoms with E-state index in [1.54, 1.807) is 4.57 Å². The Morgan fingerprint density at radius 1 is 1.65 bits per heavy atom. The fourth-order valence-electron chi connectivity index (χ4n) is 2.08. The van der Waals surface area contributed by atoms with Gasteiger partial charge in [0.1, 0.15) is 5.56 Å². The Morgan fingerprint density at radius 3 is 3.12 bits per heavy atom. The molecule has 17 heavy (non-hydrogen) atoms. The van der Waals surface area contributed by atoms with Gasteiger partial charge in [-0.25, -0.2) is 4.79 Å². The normalized spacial score (nSPS) is 20.1. The van der Waals surface area contributed by atoms with Crippen molar-refractivity contribution in [2.24, 2.45) is 5.92 Å². The van der Waals surface area contributed by atoms with E-state index >= 15 is 0 Å². The zero-order chi connectivity index (χ0) is 12.3. The molecule has 0 bridgehead atoms. The van der Waals surface area contributed by atoms with Crippen LogP contribution >= 0.6 is 0 Å². The number of rotatable bonds is 3. The molecule has 0 saturated carbocycles. The minimum atomic E-state index is -1.22. The molecule has 6 heteroatoms. The predicted molar refractivity (Wildman–Crippen MR) is 61.1 cm³/mol. The summed E-state index contributed by atoms with van der Waals surface area (Å²) in [7, 11) is 0. The van der Waals surface area contributed by atoms with Gasteiger partial charge in [0.15, 0.2) is 0 Å². The Bertz CT molecular complexity index is 463. The molecule has 0 aliphatic carbocycles. The fraction of sp³-hybridized carbons (Fsp3) is 0.545. The Hall–Kier alpha value is -1.69. The van der Waals surface area contributed by atoms with E-state index in [0.717, 1.165) is 25.9 Å². The highest BCUT2D eigenvalue weighted by molar-refractivity contribution is 5.86. The minimum Gasteiger partial charge on any atom is -0.477 e. The lowest BCUT2D eigenvalue weighted by molar-refractivity contribution is 0.0693. The summed E-state index contributed by atoms with van der Waals surface area (Å²) < 4.78 is 1.68. The third kappa shape index (κ3) is 2.91. The van der Waals surface area contributed by atoms with Gasteiger partial charge in [0.25, 0.3) is 5.56 Å². The number of aromatic carboxylic acids is 1. The van der Waals surface area contributed by atoms with Gasteiger partial charge in [-0.2, -0.15) is 4.98 Å². The van der Waals surface area contributed by atoms with Crippen LogP contribution in [0.5, 0.6) is 0 Å². The van der Waals surface area contributed by atoms with Crippen molar-refractivity contribution in [2.75, 3.05) is 13.1 Å². The smallest absolute Gasteiger partial charge is 0.342 e. The number of aromatic nitrogens is 2. The maximum absolute atomic E-state index is 11.2. The standard InChI is InChI=1S/C11H15N3O3/c15-10-9(11(16)17)6-14(7-13-10)5-8-2-1-3-12-4-8/h6-8,12H,1-5H2,(H,16,17). The Labute approximate surface area is 98.3 Å². The van der Waals surface area contributed by atoms with Crippen LogP contribution in [0.25, 0.3) is 0 Å². The molecule has 1 fully saturated rings. The van der Waals surface area contributed by atoms with Crippen LogP contribution in [0.1, 0.15) is 23.2 Å². The topological polar surface area (TPSA) is 84.2 Å². The van der Waals surface area contributed by atoms with E-state index in [-0.39, 0.29) is 5.56 Å². The van der Waals surface area contributed by atoms with Crippen molar-refractivity contribution in [1.82, 2.24) is 14.9 Å². The summed E-state index contributed by atoms with van der Waals surface area (Å²) in [6.07, 6.45) is 5.02. The molecular weight excluding hydrogens is 222 g/mol. The Kier molecular flexibility index (Phi) is 3.53. The van der Waals surface area contributed by atoms with Crippen molar-refractivity contribution in [3.8, 4) is 0 Å². The number of nitrogens with one attached hydrogen (secondary N) is 1. The molecule has 0 spiro atoms. The van der Waals surface area contributed by atoms with Crippen molar-refractivity contribution in [2.45, 2.75) is 19.4 Å². The lowest BCUT2D eigenvalue weighted by Crippen LogP contribution is -2.32. The molecule has 1 saturated heterocycles. The van der Waals surface area contributed by atoms with Crippen LogP contribution in [0.15, 0.2) is 17.3 Å². The van der Waals surface area contributed by atoms with Crippen molar-refractivity contribution in [3.05, 3.63) is 28.4 Å². The summed E-state index contributed by atoms with van der Waals surface area (Å²) in [4.78, 5) is 25.6. The summed E-state index contributed by atoms with van der Waals surface area (Å²) in [6, 6.07) is 0. The van der Waals surface area contributed by atoms with E-state index in [1.807, 2.05) is 0 Å². The average molecular weight is 237 g/mol. The largest absolute Gasteiger partial charge is 0.477 e. The summed E-state index contributed by atoms with van der Waals surface area (Å²) >= 11 is 0. The molecule has 1 unspecified atom stereocenters. The van der Waals surface area contributed by atoms with Gasteiger partial charge in [-0.1, -0.05) is 0 Å². The van der Waals surface area contributed by atoms with E-state index in [0.29, 0.717) is 12.5 Å². The van der Waals surface area contributed by atoms with Gasteiger partial charge < -0.3 is 15.0 Å². The van der Waals surface area contributed by atoms with Gasteiger partial charge in [-0.05, 0) is 31.8 Å². The molecule has 2 heterocycles. The number of hydrogen-bond donors (Lipinski definition) is 2. The van der Waals surface area contributed by atoms with Crippen molar-refractivity contribution in [3.63, 3.8) is 0 Å². The van der Waals surface area contributed by atoms with Crippen LogP contribution in [0.4, 0.5) is 0 Å². The van der Waals surface area contributed by atoms with Crippen LogP contribution < -0.4 is 10.9 Å². The molecule has 1 aliphatic rings. The second-order valence-electron chi connectivity index (χ2n) is 4.31. The molecule has 6 nitrogen and oxygen atoms in total. The average Bonchev–Trinajstić information content (AvgIpc) is 2.32. The molecule has 2 rings (SSSR count). The minimum absolute atomic E-state index is 0.267. The first-order chi connectivity index (χ1) is 8.16. The maximum Gasteiger partial charge on any atom is 0.342 e. The molecule has 1 aliphatic heterocycles. The molecule has 1 aromatic rings. The molecule has 92 valence electrons. The van der Waals surface area contributed by atoms with Crippen molar-refractivity contribution >= 4 is 5.97 Å². The highest BCUT2D eigenvalue weighted by Crippen LogP contribution is 2.11. The number of carbonyl (C=O) groups is 1. The van der Waals surface area contributed by atoms with Crippen molar-refractivity contribution in [1.29, 1.82) is 0 Å². The van der Waals surface area contributed by atoms with Gasteiger partial charge in [0, 0.05) is 12.7 Å². The zero-order valence-corrected chi connectivity index (χ0v) is 9.43. The lowest BCUT2D eigenvalue weighted by atomic mass is 10.00. The predicted octanol–water partition coefficient (Wildman–Crippen LogP) is -0.0589. The first-order valence-corrected chi connectivity index (χ1v) is 5.67. The molecule has 0 aromatic carbocycles. The zero-order valence-electron chi connectivity index (χ0n) is 9.43. The monoisotopic (exact) mass is 237 g/mol. The van der Waals surface area contributed by atoms with Gasteiger partial charge in [-0.3, -0.25) is 4.79 Å².